The second-order valence-electron chi connectivity index (χ2n) is 5.88. The van der Waals surface area contributed by atoms with Crippen LogP contribution < -0.4 is 4.72 Å². The van der Waals surface area contributed by atoms with Gasteiger partial charge in [0.05, 0.1) is 4.90 Å². The van der Waals surface area contributed by atoms with Crippen molar-refractivity contribution >= 4 is 15.8 Å². The number of carbonyl (C=O) groups is 1. The number of ketones is 1. The standard InChI is InChI=1S/C14H21NO3S/c1-10(2)15-19(17,18)12-8-6-11(7-9-12)13(16)14(3,4)5/h6-10,15H,1-5H3. The van der Waals surface area contributed by atoms with Crippen molar-refractivity contribution in [1.29, 1.82) is 0 Å². The molecule has 0 saturated heterocycles. The maximum atomic E-state index is 12.0. The molecule has 0 radical (unpaired) electrons. The molecule has 1 aromatic carbocycles. The highest BCUT2D eigenvalue weighted by atomic mass is 32.2. The second-order valence-corrected chi connectivity index (χ2v) is 7.59. The molecule has 0 atom stereocenters. The van der Waals surface area contributed by atoms with Gasteiger partial charge in [0.15, 0.2) is 5.78 Å². The lowest BCUT2D eigenvalue weighted by Gasteiger charge is -2.16. The topological polar surface area (TPSA) is 63.2 Å². The van der Waals surface area contributed by atoms with E-state index in [0.29, 0.717) is 5.56 Å². The first-order valence-corrected chi connectivity index (χ1v) is 7.69. The Kier molecular flexibility index (Phi) is 4.53. The van der Waals surface area contributed by atoms with E-state index in [9.17, 15) is 13.2 Å². The molecule has 0 aliphatic carbocycles. The van der Waals surface area contributed by atoms with Gasteiger partial charge in [0, 0.05) is 17.0 Å². The van der Waals surface area contributed by atoms with Crippen LogP contribution in [0.5, 0.6) is 0 Å². The zero-order valence-corrected chi connectivity index (χ0v) is 12.8. The van der Waals surface area contributed by atoms with Crippen molar-refractivity contribution in [3.05, 3.63) is 29.8 Å². The molecule has 0 aliphatic heterocycles. The average molecular weight is 283 g/mol. The van der Waals surface area contributed by atoms with Crippen molar-refractivity contribution in [3.63, 3.8) is 0 Å². The summed E-state index contributed by atoms with van der Waals surface area (Å²) in [6.45, 7) is 9.02. The van der Waals surface area contributed by atoms with Gasteiger partial charge in [0.25, 0.3) is 0 Å². The smallest absolute Gasteiger partial charge is 0.240 e. The number of sulfonamides is 1. The van der Waals surface area contributed by atoms with Crippen molar-refractivity contribution in [2.45, 2.75) is 45.6 Å². The average Bonchev–Trinajstić information content (AvgIpc) is 2.25. The number of hydrogen-bond acceptors (Lipinski definition) is 3. The van der Waals surface area contributed by atoms with Gasteiger partial charge >= 0.3 is 0 Å². The van der Waals surface area contributed by atoms with Crippen LogP contribution >= 0.6 is 0 Å². The molecule has 0 fully saturated rings. The Balaban J connectivity index is 3.04. The Hall–Kier alpha value is -1.20. The third-order valence-corrected chi connectivity index (χ3v) is 4.17. The van der Waals surface area contributed by atoms with E-state index in [1.807, 2.05) is 20.8 Å². The minimum absolute atomic E-state index is 0.00623. The van der Waals surface area contributed by atoms with Gasteiger partial charge in [-0.1, -0.05) is 32.9 Å². The largest absolute Gasteiger partial charge is 0.294 e. The highest BCUT2D eigenvalue weighted by Crippen LogP contribution is 2.21. The molecule has 4 nitrogen and oxygen atoms in total. The van der Waals surface area contributed by atoms with E-state index < -0.39 is 15.4 Å². The maximum absolute atomic E-state index is 12.0. The molecule has 0 unspecified atom stereocenters. The lowest BCUT2D eigenvalue weighted by atomic mass is 9.87. The van der Waals surface area contributed by atoms with Gasteiger partial charge in [-0.15, -0.1) is 0 Å². The second kappa shape index (κ2) is 5.43. The zero-order chi connectivity index (χ0) is 14.8. The van der Waals surface area contributed by atoms with Crippen LogP contribution in [-0.2, 0) is 10.0 Å². The van der Waals surface area contributed by atoms with Crippen molar-refractivity contribution in [1.82, 2.24) is 4.72 Å². The summed E-state index contributed by atoms with van der Waals surface area (Å²) in [7, 11) is -3.50. The summed E-state index contributed by atoms with van der Waals surface area (Å²) < 4.78 is 26.4. The Morgan fingerprint density at radius 1 is 1.11 bits per heavy atom. The number of carbonyl (C=O) groups excluding carboxylic acids is 1. The van der Waals surface area contributed by atoms with Crippen LogP contribution in [0.2, 0.25) is 0 Å². The van der Waals surface area contributed by atoms with Crippen molar-refractivity contribution in [2.75, 3.05) is 0 Å². The summed E-state index contributed by atoms with van der Waals surface area (Å²) in [6, 6.07) is 5.87. The highest BCUT2D eigenvalue weighted by Gasteiger charge is 2.23. The number of hydrogen-bond donors (Lipinski definition) is 1. The first kappa shape index (κ1) is 15.9. The molecule has 0 aromatic heterocycles. The van der Waals surface area contributed by atoms with Gasteiger partial charge in [-0.05, 0) is 26.0 Å². The molecular formula is C14H21NO3S. The van der Waals surface area contributed by atoms with E-state index in [2.05, 4.69) is 4.72 Å². The third kappa shape index (κ3) is 4.14. The van der Waals surface area contributed by atoms with Crippen LogP contribution in [0.15, 0.2) is 29.2 Å². The maximum Gasteiger partial charge on any atom is 0.240 e. The van der Waals surface area contributed by atoms with Crippen molar-refractivity contribution in [2.24, 2.45) is 5.41 Å². The Morgan fingerprint density at radius 3 is 1.95 bits per heavy atom. The van der Waals surface area contributed by atoms with Crippen LogP contribution in [0, 0.1) is 5.41 Å². The molecular weight excluding hydrogens is 262 g/mol. The van der Waals surface area contributed by atoms with E-state index in [-0.39, 0.29) is 16.7 Å². The third-order valence-electron chi connectivity index (χ3n) is 2.50. The van der Waals surface area contributed by atoms with Crippen LogP contribution in [0.25, 0.3) is 0 Å². The first-order chi connectivity index (χ1) is 8.54. The van der Waals surface area contributed by atoms with Gasteiger partial charge in [0.1, 0.15) is 0 Å². The van der Waals surface area contributed by atoms with E-state index in [1.54, 1.807) is 26.0 Å². The highest BCUT2D eigenvalue weighted by molar-refractivity contribution is 7.89. The fraction of sp³-hybridized carbons (Fsp3) is 0.500. The molecule has 0 aliphatic rings. The van der Waals surface area contributed by atoms with Gasteiger partial charge < -0.3 is 0 Å². The fourth-order valence-corrected chi connectivity index (χ4v) is 2.85. The van der Waals surface area contributed by atoms with E-state index in [4.69, 9.17) is 0 Å². The summed E-state index contributed by atoms with van der Waals surface area (Å²) in [5.74, 6) is -0.00623. The van der Waals surface area contributed by atoms with E-state index in [1.165, 1.54) is 12.1 Å². The molecule has 1 rings (SSSR count). The van der Waals surface area contributed by atoms with Crippen LogP contribution in [0.3, 0.4) is 0 Å². The molecule has 0 saturated carbocycles. The molecule has 1 aromatic rings. The summed E-state index contributed by atoms with van der Waals surface area (Å²) in [5, 5.41) is 0. The molecule has 0 heterocycles. The monoisotopic (exact) mass is 283 g/mol. The molecule has 0 bridgehead atoms. The molecule has 19 heavy (non-hydrogen) atoms. The van der Waals surface area contributed by atoms with Crippen LogP contribution in [-0.4, -0.2) is 20.2 Å². The van der Waals surface area contributed by atoms with Gasteiger partial charge in [-0.3, -0.25) is 4.79 Å². The minimum Gasteiger partial charge on any atom is -0.294 e. The van der Waals surface area contributed by atoms with Crippen molar-refractivity contribution < 1.29 is 13.2 Å². The Bertz CT molecular complexity index is 551. The molecule has 106 valence electrons. The molecule has 0 amide bonds. The van der Waals surface area contributed by atoms with Crippen LogP contribution in [0.1, 0.15) is 45.0 Å². The summed E-state index contributed by atoms with van der Waals surface area (Å²) in [4.78, 5) is 12.2. The van der Waals surface area contributed by atoms with Gasteiger partial charge in [-0.25, -0.2) is 13.1 Å². The molecule has 1 N–H and O–H groups in total. The van der Waals surface area contributed by atoms with Gasteiger partial charge in [-0.2, -0.15) is 0 Å². The van der Waals surface area contributed by atoms with Crippen LogP contribution in [0.4, 0.5) is 0 Å². The number of benzene rings is 1. The number of Topliss-reactive ketones (excluding diaryl/α,β-unsaturated/α-hetero) is 1. The minimum atomic E-state index is -3.50. The first-order valence-electron chi connectivity index (χ1n) is 6.21. The van der Waals surface area contributed by atoms with Gasteiger partial charge in [0.2, 0.25) is 10.0 Å². The Labute approximate surface area is 115 Å². The normalized spacial score (nSPS) is 12.7. The lowest BCUT2D eigenvalue weighted by Crippen LogP contribution is -2.30. The van der Waals surface area contributed by atoms with Crippen molar-refractivity contribution in [3.8, 4) is 0 Å². The van der Waals surface area contributed by atoms with E-state index in [0.717, 1.165) is 0 Å². The predicted octanol–water partition coefficient (Wildman–Crippen LogP) is 2.60. The summed E-state index contributed by atoms with van der Waals surface area (Å²) >= 11 is 0. The quantitative estimate of drug-likeness (QED) is 0.864. The SMILES string of the molecule is CC(C)NS(=O)(=O)c1ccc(C(=O)C(C)(C)C)cc1. The number of rotatable bonds is 4. The predicted molar refractivity (Wildman–Crippen MR) is 75.7 cm³/mol. The fourth-order valence-electron chi connectivity index (χ4n) is 1.60. The Morgan fingerprint density at radius 2 is 1.58 bits per heavy atom. The van der Waals surface area contributed by atoms with E-state index >= 15 is 0 Å². The summed E-state index contributed by atoms with van der Waals surface area (Å²) in [6.07, 6.45) is 0. The molecule has 0 spiro atoms. The number of nitrogens with one attached hydrogen (secondary N) is 1. The lowest BCUT2D eigenvalue weighted by molar-refractivity contribution is 0.0858. The molecule has 5 heteroatoms. The summed E-state index contributed by atoms with van der Waals surface area (Å²) in [5.41, 5.74) is 0.0485. The zero-order valence-electron chi connectivity index (χ0n) is 12.0.